The highest BCUT2D eigenvalue weighted by atomic mass is 79.9. The summed E-state index contributed by atoms with van der Waals surface area (Å²) in [5.41, 5.74) is 0. The van der Waals surface area contributed by atoms with Gasteiger partial charge in [-0.2, -0.15) is 4.31 Å². The Morgan fingerprint density at radius 2 is 2.17 bits per heavy atom. The molecular formula is C12H15BrFNO2S. The van der Waals surface area contributed by atoms with Crippen molar-refractivity contribution in [3.05, 3.63) is 41.1 Å². The van der Waals surface area contributed by atoms with E-state index in [1.807, 2.05) is 6.92 Å². The summed E-state index contributed by atoms with van der Waals surface area (Å²) in [6.45, 7) is 6.08. The normalized spacial score (nSPS) is 11.8. The molecule has 0 aliphatic heterocycles. The van der Waals surface area contributed by atoms with Gasteiger partial charge in [-0.25, -0.2) is 12.8 Å². The Balaban J connectivity index is 3.21. The Morgan fingerprint density at radius 3 is 2.67 bits per heavy atom. The Hall–Kier alpha value is -0.720. The fourth-order valence-corrected chi connectivity index (χ4v) is 4.04. The van der Waals surface area contributed by atoms with E-state index in [1.54, 1.807) is 0 Å². The van der Waals surface area contributed by atoms with Crippen LogP contribution >= 0.6 is 15.9 Å². The van der Waals surface area contributed by atoms with Crippen molar-refractivity contribution >= 4 is 26.0 Å². The maximum absolute atomic E-state index is 13.0. The molecule has 0 heterocycles. The molecule has 0 aliphatic carbocycles. The van der Waals surface area contributed by atoms with Gasteiger partial charge in [-0.15, -0.1) is 6.58 Å². The summed E-state index contributed by atoms with van der Waals surface area (Å²) in [5, 5.41) is 0. The molecule has 0 amide bonds. The van der Waals surface area contributed by atoms with Gasteiger partial charge in [0.25, 0.3) is 0 Å². The second-order valence-electron chi connectivity index (χ2n) is 3.73. The van der Waals surface area contributed by atoms with E-state index in [0.29, 0.717) is 13.0 Å². The summed E-state index contributed by atoms with van der Waals surface area (Å²) >= 11 is 3.08. The smallest absolute Gasteiger partial charge is 0.207 e. The summed E-state index contributed by atoms with van der Waals surface area (Å²) in [6.07, 6.45) is 2.23. The molecule has 0 bridgehead atoms. The molecule has 0 aliphatic rings. The van der Waals surface area contributed by atoms with Gasteiger partial charge in [0.2, 0.25) is 10.0 Å². The SMILES string of the molecule is C=CCN(CCC)S(=O)(=O)c1ccc(F)cc1Br. The fourth-order valence-electron chi connectivity index (χ4n) is 1.53. The van der Waals surface area contributed by atoms with Crippen LogP contribution in [0.4, 0.5) is 4.39 Å². The summed E-state index contributed by atoms with van der Waals surface area (Å²) in [4.78, 5) is 0.0687. The van der Waals surface area contributed by atoms with Gasteiger partial charge in [-0.1, -0.05) is 13.0 Å². The van der Waals surface area contributed by atoms with Crippen molar-refractivity contribution in [1.82, 2.24) is 4.31 Å². The van der Waals surface area contributed by atoms with Crippen LogP contribution in [-0.2, 0) is 10.0 Å². The van der Waals surface area contributed by atoms with Crippen LogP contribution in [0.15, 0.2) is 40.2 Å². The highest BCUT2D eigenvalue weighted by Gasteiger charge is 2.25. The molecular weight excluding hydrogens is 321 g/mol. The third-order valence-electron chi connectivity index (χ3n) is 2.32. The predicted octanol–water partition coefficient (Wildman–Crippen LogP) is 3.17. The zero-order valence-corrected chi connectivity index (χ0v) is 12.5. The molecule has 0 spiro atoms. The maximum atomic E-state index is 13.0. The van der Waals surface area contributed by atoms with E-state index in [0.717, 1.165) is 12.1 Å². The van der Waals surface area contributed by atoms with Crippen LogP contribution in [0.2, 0.25) is 0 Å². The minimum atomic E-state index is -3.62. The topological polar surface area (TPSA) is 37.4 Å². The highest BCUT2D eigenvalue weighted by Crippen LogP contribution is 2.25. The molecule has 0 radical (unpaired) electrons. The first-order chi connectivity index (χ1) is 8.43. The van der Waals surface area contributed by atoms with Gasteiger partial charge >= 0.3 is 0 Å². The molecule has 3 nitrogen and oxygen atoms in total. The molecule has 18 heavy (non-hydrogen) atoms. The average Bonchev–Trinajstić information content (AvgIpc) is 2.28. The Morgan fingerprint density at radius 1 is 1.50 bits per heavy atom. The second kappa shape index (κ2) is 6.45. The third kappa shape index (κ3) is 3.40. The molecule has 0 fully saturated rings. The lowest BCUT2D eigenvalue weighted by atomic mass is 10.3. The van der Waals surface area contributed by atoms with E-state index in [9.17, 15) is 12.8 Å². The molecule has 0 unspecified atom stereocenters. The highest BCUT2D eigenvalue weighted by molar-refractivity contribution is 9.10. The van der Waals surface area contributed by atoms with Crippen molar-refractivity contribution in [3.63, 3.8) is 0 Å². The molecule has 0 aromatic heterocycles. The van der Waals surface area contributed by atoms with Crippen molar-refractivity contribution in [2.24, 2.45) is 0 Å². The van der Waals surface area contributed by atoms with Gasteiger partial charge in [0.15, 0.2) is 0 Å². The first-order valence-electron chi connectivity index (χ1n) is 5.49. The minimum absolute atomic E-state index is 0.0687. The summed E-state index contributed by atoms with van der Waals surface area (Å²) < 4.78 is 39.3. The van der Waals surface area contributed by atoms with Crippen LogP contribution in [0, 0.1) is 5.82 Å². The zero-order chi connectivity index (χ0) is 13.8. The molecule has 0 saturated heterocycles. The Bertz CT molecular complexity index is 531. The number of sulfonamides is 1. The van der Waals surface area contributed by atoms with Crippen LogP contribution in [0.25, 0.3) is 0 Å². The molecule has 1 aromatic carbocycles. The first-order valence-corrected chi connectivity index (χ1v) is 7.73. The van der Waals surface area contributed by atoms with Gasteiger partial charge in [0.1, 0.15) is 5.82 Å². The quantitative estimate of drug-likeness (QED) is 0.749. The van der Waals surface area contributed by atoms with Gasteiger partial charge in [0, 0.05) is 17.6 Å². The first kappa shape index (κ1) is 15.3. The molecule has 100 valence electrons. The summed E-state index contributed by atoms with van der Waals surface area (Å²) in [7, 11) is -3.62. The molecule has 0 N–H and O–H groups in total. The lowest BCUT2D eigenvalue weighted by Crippen LogP contribution is -2.32. The van der Waals surface area contributed by atoms with E-state index in [2.05, 4.69) is 22.5 Å². The second-order valence-corrected chi connectivity index (χ2v) is 6.49. The van der Waals surface area contributed by atoms with Crippen molar-refractivity contribution in [1.29, 1.82) is 0 Å². The number of halogens is 2. The standard InChI is InChI=1S/C12H15BrFNO2S/c1-3-7-15(8-4-2)18(16,17)12-6-5-10(14)9-11(12)13/h3,5-6,9H,1,4,7-8H2,2H3. The van der Waals surface area contributed by atoms with E-state index in [1.165, 1.54) is 16.4 Å². The number of hydrogen-bond acceptors (Lipinski definition) is 2. The zero-order valence-electron chi connectivity index (χ0n) is 10.1. The van der Waals surface area contributed by atoms with Crippen molar-refractivity contribution in [2.75, 3.05) is 13.1 Å². The Labute approximate surface area is 115 Å². The van der Waals surface area contributed by atoms with Crippen molar-refractivity contribution in [2.45, 2.75) is 18.2 Å². The summed E-state index contributed by atoms with van der Waals surface area (Å²) in [6, 6.07) is 3.54. The van der Waals surface area contributed by atoms with Crippen LogP contribution in [0.5, 0.6) is 0 Å². The van der Waals surface area contributed by atoms with Crippen molar-refractivity contribution < 1.29 is 12.8 Å². The van der Waals surface area contributed by atoms with Gasteiger partial charge in [0.05, 0.1) is 4.90 Å². The van der Waals surface area contributed by atoms with Crippen molar-refractivity contribution in [3.8, 4) is 0 Å². The van der Waals surface area contributed by atoms with Crippen LogP contribution < -0.4 is 0 Å². The third-order valence-corrected chi connectivity index (χ3v) is 5.16. The van der Waals surface area contributed by atoms with E-state index < -0.39 is 15.8 Å². The largest absolute Gasteiger partial charge is 0.244 e. The van der Waals surface area contributed by atoms with Gasteiger partial charge in [-0.3, -0.25) is 0 Å². The van der Waals surface area contributed by atoms with E-state index in [4.69, 9.17) is 0 Å². The number of hydrogen-bond donors (Lipinski definition) is 0. The van der Waals surface area contributed by atoms with E-state index in [-0.39, 0.29) is 15.9 Å². The minimum Gasteiger partial charge on any atom is -0.207 e. The predicted molar refractivity (Wildman–Crippen MR) is 73.3 cm³/mol. The molecule has 0 saturated carbocycles. The maximum Gasteiger partial charge on any atom is 0.244 e. The fraction of sp³-hybridized carbons (Fsp3) is 0.333. The monoisotopic (exact) mass is 335 g/mol. The Kier molecular flexibility index (Phi) is 5.49. The number of rotatable bonds is 6. The lowest BCUT2D eigenvalue weighted by molar-refractivity contribution is 0.441. The average molecular weight is 336 g/mol. The molecule has 1 aromatic rings. The van der Waals surface area contributed by atoms with Gasteiger partial charge in [-0.05, 0) is 40.5 Å². The van der Waals surface area contributed by atoms with E-state index >= 15 is 0 Å². The van der Waals surface area contributed by atoms with Gasteiger partial charge < -0.3 is 0 Å². The molecule has 0 atom stereocenters. The molecule has 6 heteroatoms. The number of benzene rings is 1. The molecule has 1 rings (SSSR count). The summed E-state index contributed by atoms with van der Waals surface area (Å²) in [5.74, 6) is -0.480. The van der Waals surface area contributed by atoms with Crippen LogP contribution in [-0.4, -0.2) is 25.8 Å². The number of nitrogens with zero attached hydrogens (tertiary/aromatic N) is 1. The lowest BCUT2D eigenvalue weighted by Gasteiger charge is -2.20. The van der Waals surface area contributed by atoms with Crippen LogP contribution in [0.3, 0.4) is 0 Å². The van der Waals surface area contributed by atoms with Crippen LogP contribution in [0.1, 0.15) is 13.3 Å².